The highest BCUT2D eigenvalue weighted by atomic mass is 16.5. The second-order valence-corrected chi connectivity index (χ2v) is 3.51. The van der Waals surface area contributed by atoms with Crippen LogP contribution in [0.25, 0.3) is 0 Å². The van der Waals surface area contributed by atoms with Gasteiger partial charge in [-0.25, -0.2) is 9.59 Å². The largest absolute Gasteiger partial charge is 0.481 e. The lowest BCUT2D eigenvalue weighted by atomic mass is 10.2. The quantitative estimate of drug-likeness (QED) is 0.547. The Hall–Kier alpha value is -1.83. The van der Waals surface area contributed by atoms with E-state index in [1.807, 2.05) is 0 Å². The molecule has 0 aliphatic heterocycles. The fourth-order valence-electron chi connectivity index (χ4n) is 1.22. The van der Waals surface area contributed by atoms with E-state index in [9.17, 15) is 14.4 Å². The summed E-state index contributed by atoms with van der Waals surface area (Å²) >= 11 is 0. The first-order chi connectivity index (χ1) is 8.42. The van der Waals surface area contributed by atoms with Crippen LogP contribution in [-0.2, 0) is 14.3 Å². The van der Waals surface area contributed by atoms with Crippen molar-refractivity contribution in [3.05, 3.63) is 0 Å². The van der Waals surface area contributed by atoms with E-state index in [0.717, 1.165) is 0 Å². The third-order valence-corrected chi connectivity index (χ3v) is 2.21. The van der Waals surface area contributed by atoms with Crippen molar-refractivity contribution < 1.29 is 29.3 Å². The van der Waals surface area contributed by atoms with Gasteiger partial charge < -0.3 is 25.2 Å². The molecule has 0 aromatic rings. The minimum absolute atomic E-state index is 0.304. The van der Waals surface area contributed by atoms with Crippen LogP contribution in [0.2, 0.25) is 0 Å². The first-order valence-corrected chi connectivity index (χ1v) is 5.41. The highest BCUT2D eigenvalue weighted by Gasteiger charge is 2.24. The van der Waals surface area contributed by atoms with Crippen LogP contribution < -0.4 is 5.32 Å². The number of carboxylic acid groups (broad SMARTS) is 2. The molecule has 0 heterocycles. The Morgan fingerprint density at radius 1 is 1.33 bits per heavy atom. The van der Waals surface area contributed by atoms with Crippen LogP contribution in [0.4, 0.5) is 4.79 Å². The SMILES string of the molecule is CCN(CCOC)C(=O)N[C@H](CC(=O)O)C(=O)O. The average Bonchev–Trinajstić information content (AvgIpc) is 2.28. The highest BCUT2D eigenvalue weighted by molar-refractivity contribution is 5.86. The van der Waals surface area contributed by atoms with E-state index in [4.69, 9.17) is 14.9 Å². The van der Waals surface area contributed by atoms with Gasteiger partial charge in [-0.15, -0.1) is 0 Å². The molecular formula is C10H18N2O6. The lowest BCUT2D eigenvalue weighted by molar-refractivity contribution is -0.145. The van der Waals surface area contributed by atoms with Crippen molar-refractivity contribution in [3.63, 3.8) is 0 Å². The van der Waals surface area contributed by atoms with Crippen LogP contribution >= 0.6 is 0 Å². The number of hydrogen-bond donors (Lipinski definition) is 3. The molecule has 0 unspecified atom stereocenters. The zero-order valence-electron chi connectivity index (χ0n) is 10.4. The summed E-state index contributed by atoms with van der Waals surface area (Å²) in [6.45, 7) is 2.72. The van der Waals surface area contributed by atoms with Crippen molar-refractivity contribution in [2.24, 2.45) is 0 Å². The second kappa shape index (κ2) is 8.29. The number of hydrogen-bond acceptors (Lipinski definition) is 4. The Kier molecular flexibility index (Phi) is 7.45. The molecule has 0 saturated carbocycles. The van der Waals surface area contributed by atoms with E-state index in [1.54, 1.807) is 6.92 Å². The fraction of sp³-hybridized carbons (Fsp3) is 0.700. The van der Waals surface area contributed by atoms with Crippen LogP contribution in [0.5, 0.6) is 0 Å². The van der Waals surface area contributed by atoms with Gasteiger partial charge in [0.25, 0.3) is 0 Å². The summed E-state index contributed by atoms with van der Waals surface area (Å²) in [4.78, 5) is 34.2. The Morgan fingerprint density at radius 3 is 2.33 bits per heavy atom. The zero-order chi connectivity index (χ0) is 14.1. The van der Waals surface area contributed by atoms with Gasteiger partial charge in [-0.3, -0.25) is 4.79 Å². The molecular weight excluding hydrogens is 244 g/mol. The smallest absolute Gasteiger partial charge is 0.326 e. The lowest BCUT2D eigenvalue weighted by Gasteiger charge is -2.23. The summed E-state index contributed by atoms with van der Waals surface area (Å²) in [5, 5.41) is 19.5. The second-order valence-electron chi connectivity index (χ2n) is 3.51. The van der Waals surface area contributed by atoms with Crippen LogP contribution in [0, 0.1) is 0 Å². The van der Waals surface area contributed by atoms with Crippen LogP contribution in [0.15, 0.2) is 0 Å². The molecule has 0 spiro atoms. The predicted octanol–water partition coefficient (Wildman–Crippen LogP) is -0.408. The number of amides is 2. The van der Waals surface area contributed by atoms with E-state index in [-0.39, 0.29) is 0 Å². The molecule has 104 valence electrons. The number of nitrogens with one attached hydrogen (secondary N) is 1. The molecule has 2 amide bonds. The van der Waals surface area contributed by atoms with E-state index < -0.39 is 30.4 Å². The van der Waals surface area contributed by atoms with Crippen molar-refractivity contribution in [1.29, 1.82) is 0 Å². The molecule has 3 N–H and O–H groups in total. The standard InChI is InChI=1S/C10H18N2O6/c1-3-12(4-5-18-2)10(17)11-7(9(15)16)6-8(13)14/h7H,3-6H2,1-2H3,(H,11,17)(H,13,14)(H,15,16)/t7-/m1/s1. The van der Waals surface area contributed by atoms with Gasteiger partial charge in [0.1, 0.15) is 6.04 Å². The number of methoxy groups -OCH3 is 1. The van der Waals surface area contributed by atoms with E-state index in [2.05, 4.69) is 5.32 Å². The number of carbonyl (C=O) groups excluding carboxylic acids is 1. The molecule has 0 saturated heterocycles. The molecule has 0 fully saturated rings. The van der Waals surface area contributed by atoms with Crippen molar-refractivity contribution in [3.8, 4) is 0 Å². The number of urea groups is 1. The molecule has 0 aromatic carbocycles. The summed E-state index contributed by atoms with van der Waals surface area (Å²) in [6.07, 6.45) is -0.664. The van der Waals surface area contributed by atoms with Gasteiger partial charge >= 0.3 is 18.0 Å². The van der Waals surface area contributed by atoms with Gasteiger partial charge in [-0.1, -0.05) is 0 Å². The van der Waals surface area contributed by atoms with E-state index in [0.29, 0.717) is 19.7 Å². The molecule has 8 heteroatoms. The van der Waals surface area contributed by atoms with Crippen LogP contribution in [-0.4, -0.2) is 65.9 Å². The number of aliphatic carboxylic acids is 2. The number of nitrogens with zero attached hydrogens (tertiary/aromatic N) is 1. The highest BCUT2D eigenvalue weighted by Crippen LogP contribution is 1.97. The van der Waals surface area contributed by atoms with Crippen LogP contribution in [0.1, 0.15) is 13.3 Å². The minimum Gasteiger partial charge on any atom is -0.481 e. The van der Waals surface area contributed by atoms with E-state index >= 15 is 0 Å². The summed E-state index contributed by atoms with van der Waals surface area (Å²) in [6, 6.07) is -2.06. The van der Waals surface area contributed by atoms with Crippen molar-refractivity contribution >= 4 is 18.0 Å². The zero-order valence-corrected chi connectivity index (χ0v) is 10.4. The summed E-state index contributed by atoms with van der Waals surface area (Å²) in [5.74, 6) is -2.67. The maximum atomic E-state index is 11.7. The normalized spacial score (nSPS) is 11.7. The molecule has 0 aliphatic rings. The Bertz CT molecular complexity index is 307. The fourth-order valence-corrected chi connectivity index (χ4v) is 1.22. The summed E-state index contributed by atoms with van der Waals surface area (Å²) < 4.78 is 4.81. The van der Waals surface area contributed by atoms with Crippen molar-refractivity contribution in [1.82, 2.24) is 10.2 Å². The summed E-state index contributed by atoms with van der Waals surface area (Å²) in [7, 11) is 1.48. The number of carbonyl (C=O) groups is 3. The maximum Gasteiger partial charge on any atom is 0.326 e. The monoisotopic (exact) mass is 262 g/mol. The maximum absolute atomic E-state index is 11.7. The number of rotatable bonds is 8. The van der Waals surface area contributed by atoms with Gasteiger partial charge in [0.2, 0.25) is 0 Å². The molecule has 0 aromatic heterocycles. The van der Waals surface area contributed by atoms with Crippen molar-refractivity contribution in [2.75, 3.05) is 26.8 Å². The number of ether oxygens (including phenoxy) is 1. The molecule has 0 rings (SSSR count). The van der Waals surface area contributed by atoms with Gasteiger partial charge in [-0.2, -0.15) is 0 Å². The molecule has 8 nitrogen and oxygen atoms in total. The average molecular weight is 262 g/mol. The molecule has 18 heavy (non-hydrogen) atoms. The predicted molar refractivity (Wildman–Crippen MR) is 61.3 cm³/mol. The topological polar surface area (TPSA) is 116 Å². The number of likely N-dealkylation sites (N-methyl/N-ethyl adjacent to an activating group) is 1. The molecule has 0 radical (unpaired) electrons. The van der Waals surface area contributed by atoms with Gasteiger partial charge in [0.05, 0.1) is 13.0 Å². The number of carboxylic acids is 2. The molecule has 0 bridgehead atoms. The third-order valence-electron chi connectivity index (χ3n) is 2.21. The Morgan fingerprint density at radius 2 is 1.94 bits per heavy atom. The van der Waals surface area contributed by atoms with Crippen molar-refractivity contribution in [2.45, 2.75) is 19.4 Å². The van der Waals surface area contributed by atoms with Gasteiger partial charge in [0, 0.05) is 20.2 Å². The van der Waals surface area contributed by atoms with Crippen LogP contribution in [0.3, 0.4) is 0 Å². The Labute approximate surface area is 105 Å². The van der Waals surface area contributed by atoms with Gasteiger partial charge in [-0.05, 0) is 6.92 Å². The first-order valence-electron chi connectivity index (χ1n) is 5.41. The van der Waals surface area contributed by atoms with E-state index in [1.165, 1.54) is 12.0 Å². The summed E-state index contributed by atoms with van der Waals surface area (Å²) in [5.41, 5.74) is 0. The minimum atomic E-state index is -1.44. The first kappa shape index (κ1) is 16.2. The molecule has 0 aliphatic carbocycles. The molecule has 1 atom stereocenters. The Balaban J connectivity index is 4.46. The lowest BCUT2D eigenvalue weighted by Crippen LogP contribution is -2.49. The van der Waals surface area contributed by atoms with Gasteiger partial charge in [0.15, 0.2) is 0 Å². The third kappa shape index (κ3) is 6.04.